The van der Waals surface area contributed by atoms with Gasteiger partial charge in [-0.2, -0.15) is 19.4 Å². The molecule has 132 valence electrons. The number of rotatable bonds is 4. The van der Waals surface area contributed by atoms with Crippen molar-refractivity contribution in [1.29, 1.82) is 0 Å². The van der Waals surface area contributed by atoms with Gasteiger partial charge in [-0.1, -0.05) is 35.4 Å². The van der Waals surface area contributed by atoms with Gasteiger partial charge in [0.2, 0.25) is 0 Å². The van der Waals surface area contributed by atoms with Crippen LogP contribution in [-0.2, 0) is 6.54 Å². The number of hydrogen-bond donors (Lipinski definition) is 1. The second-order valence-corrected chi connectivity index (χ2v) is 5.15. The molecule has 0 saturated carbocycles. The van der Waals surface area contributed by atoms with Crippen LogP contribution >= 0.6 is 11.6 Å². The molecule has 0 aliphatic carbocycles. The van der Waals surface area contributed by atoms with E-state index < -0.39 is 17.9 Å². The minimum atomic E-state index is -4.75. The van der Waals surface area contributed by atoms with Crippen LogP contribution in [-0.4, -0.2) is 29.1 Å². The Morgan fingerprint density at radius 3 is 2.54 bits per heavy atom. The van der Waals surface area contributed by atoms with Crippen molar-refractivity contribution in [1.82, 2.24) is 10.3 Å². The van der Waals surface area contributed by atoms with Gasteiger partial charge in [0.05, 0.1) is 22.8 Å². The minimum Gasteiger partial charge on any atom is -0.634 e. The summed E-state index contributed by atoms with van der Waals surface area (Å²) in [5.74, 6) is -1.26. The van der Waals surface area contributed by atoms with E-state index in [0.717, 1.165) is 12.4 Å². The van der Waals surface area contributed by atoms with E-state index >= 15 is 0 Å². The molecule has 0 aliphatic heterocycles. The number of carbonyl (C=O) groups excluding carboxylic acids is 1. The van der Waals surface area contributed by atoms with E-state index in [2.05, 4.69) is 15.3 Å². The Morgan fingerprint density at radius 2 is 1.96 bits per heavy atom. The number of pyridine rings is 1. The SMILES string of the molecule is [N-]=C(N=[C-]C(F)(F)F)c1ccc(CNC(=O)c2ccccc2Cl)nc1.[U+2]. The van der Waals surface area contributed by atoms with Crippen LogP contribution in [0.2, 0.25) is 5.02 Å². The molecule has 1 aromatic heterocycles. The average Bonchev–Trinajstić information content (AvgIpc) is 2.58. The maximum atomic E-state index is 12.0. The molecule has 26 heavy (non-hydrogen) atoms. The fourth-order valence-electron chi connectivity index (χ4n) is 1.75. The van der Waals surface area contributed by atoms with Crippen LogP contribution in [0.1, 0.15) is 21.6 Å². The number of benzene rings is 1. The smallest absolute Gasteiger partial charge is 0.634 e. The van der Waals surface area contributed by atoms with E-state index in [-0.39, 0.29) is 43.2 Å². The number of nitrogens with zero attached hydrogens (tertiary/aromatic N) is 3. The van der Waals surface area contributed by atoms with Crippen molar-refractivity contribution < 1.29 is 49.1 Å². The molecule has 5 nitrogen and oxygen atoms in total. The molecule has 0 fully saturated rings. The monoisotopic (exact) mass is 604 g/mol. The molecular formula is C16H10ClF3N4OU. The van der Waals surface area contributed by atoms with Crippen molar-refractivity contribution in [3.63, 3.8) is 0 Å². The van der Waals surface area contributed by atoms with Gasteiger partial charge in [0.1, 0.15) is 0 Å². The summed E-state index contributed by atoms with van der Waals surface area (Å²) in [4.78, 5) is 18.7. The Bertz CT molecular complexity index is 810. The molecule has 0 atom stereocenters. The first-order valence-corrected chi connectivity index (χ1v) is 7.22. The average molecular weight is 605 g/mol. The fourth-order valence-corrected chi connectivity index (χ4v) is 1.98. The summed E-state index contributed by atoms with van der Waals surface area (Å²) >= 11 is 5.91. The maximum absolute atomic E-state index is 12.0. The molecule has 2 aromatic rings. The van der Waals surface area contributed by atoms with Gasteiger partial charge in [0.15, 0.2) is 0 Å². The number of amides is 1. The van der Waals surface area contributed by atoms with Crippen LogP contribution in [0.4, 0.5) is 13.2 Å². The summed E-state index contributed by atoms with van der Waals surface area (Å²) in [6.45, 7) is 0.0725. The van der Waals surface area contributed by atoms with Crippen molar-refractivity contribution in [2.24, 2.45) is 4.99 Å². The van der Waals surface area contributed by atoms with Gasteiger partial charge in [0.25, 0.3) is 5.91 Å². The van der Waals surface area contributed by atoms with Crippen molar-refractivity contribution in [2.45, 2.75) is 12.7 Å². The Hall–Kier alpha value is -1.69. The van der Waals surface area contributed by atoms with Gasteiger partial charge in [-0.05, 0) is 18.2 Å². The third-order valence-corrected chi connectivity index (χ3v) is 3.25. The molecule has 1 heterocycles. The standard InChI is InChI=1S/C16H10ClF3N4O.U/c17-13-4-2-1-3-12(13)15(25)23-8-11-6-5-10(7-22-11)14(21)24-9-16(18,19)20;/h1-7H,8H2,(H,23,25);/q-2;+2. The number of carbonyl (C=O) groups is 1. The molecule has 0 unspecified atom stereocenters. The Morgan fingerprint density at radius 1 is 1.27 bits per heavy atom. The first-order valence-electron chi connectivity index (χ1n) is 6.85. The Labute approximate surface area is 176 Å². The summed E-state index contributed by atoms with van der Waals surface area (Å²) in [6.07, 6.45) is -2.77. The number of nitrogens with one attached hydrogen (secondary N) is 1. The minimum absolute atomic E-state index is 0. The van der Waals surface area contributed by atoms with Gasteiger partial charge in [-0.25, -0.2) is 5.84 Å². The Kier molecular flexibility index (Phi) is 8.47. The fraction of sp³-hybridized carbons (Fsp3) is 0.125. The van der Waals surface area contributed by atoms with Crippen molar-refractivity contribution >= 4 is 29.6 Å². The molecule has 1 N–H and O–H groups in total. The molecule has 0 spiro atoms. The quantitative estimate of drug-likeness (QED) is 0.330. The number of hydrogen-bond acceptors (Lipinski definition) is 2. The summed E-state index contributed by atoms with van der Waals surface area (Å²) < 4.78 is 35.8. The van der Waals surface area contributed by atoms with E-state index in [4.69, 9.17) is 11.6 Å². The predicted molar refractivity (Wildman–Crippen MR) is 87.8 cm³/mol. The van der Waals surface area contributed by atoms with Crippen LogP contribution in [0.3, 0.4) is 0 Å². The largest absolute Gasteiger partial charge is 2.00 e. The molecule has 0 bridgehead atoms. The van der Waals surface area contributed by atoms with Gasteiger partial charge in [0, 0.05) is 6.20 Å². The Balaban J connectivity index is 0.00000338. The zero-order chi connectivity index (χ0) is 18.4. The third kappa shape index (κ3) is 6.90. The zero-order valence-corrected chi connectivity index (χ0v) is 17.9. The van der Waals surface area contributed by atoms with Crippen LogP contribution in [0, 0.1) is 31.1 Å². The molecule has 1 aromatic carbocycles. The van der Waals surface area contributed by atoms with E-state index in [1.165, 1.54) is 12.1 Å². The third-order valence-electron chi connectivity index (χ3n) is 2.92. The number of aliphatic imine (C=N–C) groups is 1. The van der Waals surface area contributed by atoms with Crippen LogP contribution < -0.4 is 5.32 Å². The van der Waals surface area contributed by atoms with Crippen molar-refractivity contribution in [3.05, 3.63) is 69.8 Å². The number of halogens is 4. The van der Waals surface area contributed by atoms with Gasteiger partial charge in [-0.3, -0.25) is 9.78 Å². The zero-order valence-electron chi connectivity index (χ0n) is 13.0. The van der Waals surface area contributed by atoms with E-state index in [0.29, 0.717) is 16.3 Å². The summed E-state index contributed by atoms with van der Waals surface area (Å²) in [7, 11) is 0. The van der Waals surface area contributed by atoms with Gasteiger partial charge >= 0.3 is 37.3 Å². The summed E-state index contributed by atoms with van der Waals surface area (Å²) in [5.41, 5.74) is 0.724. The first kappa shape index (κ1) is 22.4. The molecule has 2 rings (SSSR count). The van der Waals surface area contributed by atoms with Crippen molar-refractivity contribution in [3.8, 4) is 0 Å². The van der Waals surface area contributed by atoms with E-state index in [1.807, 2.05) is 0 Å². The predicted octanol–water partition coefficient (Wildman–Crippen LogP) is 3.49. The van der Waals surface area contributed by atoms with E-state index in [9.17, 15) is 23.4 Å². The number of aromatic nitrogens is 1. The van der Waals surface area contributed by atoms with Crippen LogP contribution in [0.5, 0.6) is 0 Å². The summed E-state index contributed by atoms with van der Waals surface area (Å²) in [6, 6.07) is 9.27. The number of amidine groups is 1. The van der Waals surface area contributed by atoms with Crippen LogP contribution in [0.15, 0.2) is 47.6 Å². The topological polar surface area (TPSA) is 76.7 Å². The second-order valence-electron chi connectivity index (χ2n) is 4.75. The molecule has 0 aliphatic rings. The van der Waals surface area contributed by atoms with Crippen LogP contribution in [0.25, 0.3) is 5.41 Å². The molecule has 0 radical (unpaired) electrons. The molecular weight excluding hydrogens is 595 g/mol. The first-order chi connectivity index (χ1) is 11.8. The van der Waals surface area contributed by atoms with Gasteiger partial charge < -0.3 is 15.7 Å². The normalized spacial score (nSPS) is 11.1. The van der Waals surface area contributed by atoms with E-state index in [1.54, 1.807) is 24.3 Å². The van der Waals surface area contributed by atoms with Gasteiger partial charge in [-0.15, -0.1) is 0 Å². The molecule has 1 amide bonds. The summed E-state index contributed by atoms with van der Waals surface area (Å²) in [5, 5.41) is 12.4. The molecule has 0 saturated heterocycles. The number of alkyl halides is 3. The molecule has 10 heteroatoms. The maximum Gasteiger partial charge on any atom is 2.00 e. The van der Waals surface area contributed by atoms with Crippen molar-refractivity contribution in [2.75, 3.05) is 0 Å². The second kappa shape index (κ2) is 9.86.